The number of halogens is 1. The lowest BCUT2D eigenvalue weighted by atomic mass is 9.98. The molecule has 0 spiro atoms. The summed E-state index contributed by atoms with van der Waals surface area (Å²) in [6.45, 7) is 2.18. The van der Waals surface area contributed by atoms with Crippen molar-refractivity contribution in [2.75, 3.05) is 14.2 Å². The van der Waals surface area contributed by atoms with E-state index in [9.17, 15) is 4.79 Å². The van der Waals surface area contributed by atoms with Crippen LogP contribution in [0.5, 0.6) is 11.5 Å². The Morgan fingerprint density at radius 1 is 1.14 bits per heavy atom. The minimum atomic E-state index is -1.03. The zero-order valence-electron chi connectivity index (χ0n) is 20.3. The van der Waals surface area contributed by atoms with E-state index in [4.69, 9.17) is 30.9 Å². The van der Waals surface area contributed by atoms with Crippen molar-refractivity contribution in [3.05, 3.63) is 70.0 Å². The fraction of sp³-hybridized carbons (Fsp3) is 0.333. The highest BCUT2D eigenvalue weighted by Gasteiger charge is 2.35. The third kappa shape index (κ3) is 4.72. The second-order valence-electron chi connectivity index (χ2n) is 8.39. The van der Waals surface area contributed by atoms with Crippen molar-refractivity contribution in [1.29, 1.82) is 0 Å². The number of carboxylic acids is 1. The Morgan fingerprint density at radius 2 is 1.97 bits per heavy atom. The van der Waals surface area contributed by atoms with E-state index in [2.05, 4.69) is 25.6 Å². The Hall–Kier alpha value is -4.03. The number of rotatable bonds is 8. The molecule has 2 unspecified atom stereocenters. The first kappa shape index (κ1) is 24.7. The number of nitrogens with zero attached hydrogens (tertiary/aromatic N) is 7. The first-order valence-corrected chi connectivity index (χ1v) is 11.8. The third-order valence-corrected chi connectivity index (χ3v) is 6.30. The van der Waals surface area contributed by atoms with Gasteiger partial charge in [0.15, 0.2) is 23.1 Å². The second kappa shape index (κ2) is 10.1. The van der Waals surface area contributed by atoms with Crippen LogP contribution < -0.4 is 9.47 Å². The summed E-state index contributed by atoms with van der Waals surface area (Å²) < 4.78 is 20.0. The van der Waals surface area contributed by atoms with Crippen molar-refractivity contribution >= 4 is 17.6 Å². The maximum atomic E-state index is 11.0. The molecule has 37 heavy (non-hydrogen) atoms. The molecule has 0 amide bonds. The maximum Gasteiger partial charge on any atom is 0.311 e. The van der Waals surface area contributed by atoms with E-state index in [0.29, 0.717) is 41.1 Å². The molecule has 192 valence electrons. The van der Waals surface area contributed by atoms with Crippen molar-refractivity contribution in [3.8, 4) is 17.2 Å². The van der Waals surface area contributed by atoms with Crippen molar-refractivity contribution in [2.24, 2.45) is 0 Å². The molecule has 0 fully saturated rings. The molecule has 2 aromatic heterocycles. The minimum Gasteiger partial charge on any atom is -0.493 e. The molecule has 1 aliphatic heterocycles. The SMILES string of the molecule is COc1cccc(C2OC(CCn3nnc(CC(=O)O)n3)c3nnc(C)n3-c3ccc(Cl)cc32)c1OC. The molecule has 1 N–H and O–H groups in total. The second-order valence-corrected chi connectivity index (χ2v) is 8.83. The molecule has 4 aromatic rings. The molecule has 0 saturated carbocycles. The number of para-hydroxylation sites is 1. The smallest absolute Gasteiger partial charge is 0.311 e. The number of methoxy groups -OCH3 is 2. The molecular weight excluding hydrogens is 502 g/mol. The van der Waals surface area contributed by atoms with Crippen LogP contribution in [-0.4, -0.2) is 60.3 Å². The molecule has 13 heteroatoms. The van der Waals surface area contributed by atoms with Crippen LogP contribution in [0.4, 0.5) is 0 Å². The van der Waals surface area contributed by atoms with Gasteiger partial charge < -0.3 is 19.3 Å². The van der Waals surface area contributed by atoms with Crippen LogP contribution in [0.3, 0.4) is 0 Å². The Kier molecular flexibility index (Phi) is 6.76. The summed E-state index contributed by atoms with van der Waals surface area (Å²) in [5, 5.41) is 30.2. The number of fused-ring (bicyclic) bond motifs is 3. The van der Waals surface area contributed by atoms with Gasteiger partial charge in [-0.3, -0.25) is 9.36 Å². The Bertz CT molecular complexity index is 1450. The molecule has 5 rings (SSSR count). The summed E-state index contributed by atoms with van der Waals surface area (Å²) in [7, 11) is 3.16. The van der Waals surface area contributed by atoms with E-state index in [-0.39, 0.29) is 12.2 Å². The quantitative estimate of drug-likeness (QED) is 0.365. The summed E-state index contributed by atoms with van der Waals surface area (Å²) in [6.07, 6.45) is -1.02. The van der Waals surface area contributed by atoms with Crippen LogP contribution in [0.15, 0.2) is 36.4 Å². The first-order valence-electron chi connectivity index (χ1n) is 11.5. The normalized spacial score (nSPS) is 16.5. The van der Waals surface area contributed by atoms with Crippen molar-refractivity contribution < 1.29 is 24.1 Å². The number of ether oxygens (including phenoxy) is 3. The first-order chi connectivity index (χ1) is 17.9. The fourth-order valence-corrected chi connectivity index (χ4v) is 4.67. The Labute approximate surface area is 216 Å². The van der Waals surface area contributed by atoms with Crippen molar-refractivity contribution in [3.63, 3.8) is 0 Å². The van der Waals surface area contributed by atoms with Gasteiger partial charge in [0.05, 0.1) is 26.5 Å². The van der Waals surface area contributed by atoms with Crippen LogP contribution in [0.2, 0.25) is 5.02 Å². The van der Waals surface area contributed by atoms with Gasteiger partial charge in [0.2, 0.25) is 0 Å². The largest absolute Gasteiger partial charge is 0.493 e. The summed E-state index contributed by atoms with van der Waals surface area (Å²) >= 11 is 6.45. The van der Waals surface area contributed by atoms with Crippen LogP contribution in [0.1, 0.15) is 47.2 Å². The topological polar surface area (TPSA) is 139 Å². The van der Waals surface area contributed by atoms with Crippen LogP contribution in [0.25, 0.3) is 5.69 Å². The number of tetrazole rings is 1. The highest BCUT2D eigenvalue weighted by atomic mass is 35.5. The number of carbonyl (C=O) groups is 1. The standard InChI is InChI=1S/C24H24ClN7O5/c1-13-26-28-24-19(9-10-31-29-20(27-30-31)12-21(33)34)37-22(15-5-4-6-18(35-2)23(15)36-3)16-11-14(25)7-8-17(16)32(13)24/h4-8,11,19,22H,9-10,12H2,1-3H3,(H,33,34). The van der Waals surface area contributed by atoms with Gasteiger partial charge in [-0.15, -0.1) is 20.4 Å². The zero-order valence-corrected chi connectivity index (χ0v) is 21.1. The predicted octanol–water partition coefficient (Wildman–Crippen LogP) is 3.11. The molecule has 3 heterocycles. The van der Waals surface area contributed by atoms with Gasteiger partial charge in [-0.1, -0.05) is 23.7 Å². The predicted molar refractivity (Wildman–Crippen MR) is 130 cm³/mol. The van der Waals surface area contributed by atoms with Gasteiger partial charge in [0.1, 0.15) is 24.5 Å². The summed E-state index contributed by atoms with van der Waals surface area (Å²) in [4.78, 5) is 12.3. The number of aliphatic carboxylic acids is 1. The average Bonchev–Trinajstić information content (AvgIpc) is 3.46. The number of aryl methyl sites for hydroxylation is 2. The van der Waals surface area contributed by atoms with Crippen LogP contribution in [0, 0.1) is 6.92 Å². The van der Waals surface area contributed by atoms with Gasteiger partial charge in [0, 0.05) is 22.6 Å². The van der Waals surface area contributed by atoms with Gasteiger partial charge in [0.25, 0.3) is 0 Å². The zero-order chi connectivity index (χ0) is 26.1. The monoisotopic (exact) mass is 525 g/mol. The lowest BCUT2D eigenvalue weighted by Crippen LogP contribution is -2.16. The van der Waals surface area contributed by atoms with E-state index in [0.717, 1.165) is 16.8 Å². The van der Waals surface area contributed by atoms with Gasteiger partial charge in [-0.2, -0.15) is 4.80 Å². The molecule has 2 atom stereocenters. The van der Waals surface area contributed by atoms with Gasteiger partial charge >= 0.3 is 5.97 Å². The van der Waals surface area contributed by atoms with Crippen LogP contribution >= 0.6 is 11.6 Å². The highest BCUT2D eigenvalue weighted by Crippen LogP contribution is 2.46. The van der Waals surface area contributed by atoms with Gasteiger partial charge in [-0.05, 0) is 36.4 Å². The minimum absolute atomic E-state index is 0.134. The molecule has 0 radical (unpaired) electrons. The molecule has 2 aromatic carbocycles. The molecule has 1 aliphatic rings. The molecular formula is C24H24ClN7O5. The molecule has 12 nitrogen and oxygen atoms in total. The maximum absolute atomic E-state index is 11.0. The average molecular weight is 526 g/mol. The summed E-state index contributed by atoms with van der Waals surface area (Å²) in [5.41, 5.74) is 2.41. The summed E-state index contributed by atoms with van der Waals surface area (Å²) in [5.74, 6) is 1.52. The Balaban J connectivity index is 1.58. The molecule has 0 saturated heterocycles. The highest BCUT2D eigenvalue weighted by molar-refractivity contribution is 6.30. The van der Waals surface area contributed by atoms with E-state index >= 15 is 0 Å². The number of aromatic nitrogens is 7. The van der Waals surface area contributed by atoms with Gasteiger partial charge in [-0.25, -0.2) is 0 Å². The molecule has 0 aliphatic carbocycles. The van der Waals surface area contributed by atoms with Crippen molar-refractivity contribution in [1.82, 2.24) is 35.0 Å². The third-order valence-electron chi connectivity index (χ3n) is 6.06. The van der Waals surface area contributed by atoms with Crippen molar-refractivity contribution in [2.45, 2.75) is 38.5 Å². The number of benzene rings is 2. The van der Waals surface area contributed by atoms with Crippen LogP contribution in [-0.2, 0) is 22.5 Å². The Morgan fingerprint density at radius 3 is 2.73 bits per heavy atom. The van der Waals surface area contributed by atoms with E-state index in [1.54, 1.807) is 14.2 Å². The van der Waals surface area contributed by atoms with E-state index in [1.807, 2.05) is 47.9 Å². The molecule has 0 bridgehead atoms. The van der Waals surface area contributed by atoms with E-state index < -0.39 is 18.2 Å². The number of hydrogen-bond acceptors (Lipinski definition) is 9. The lowest BCUT2D eigenvalue weighted by molar-refractivity contribution is -0.136. The lowest BCUT2D eigenvalue weighted by Gasteiger charge is -2.25. The summed E-state index contributed by atoms with van der Waals surface area (Å²) in [6, 6.07) is 11.2. The van der Waals surface area contributed by atoms with E-state index in [1.165, 1.54) is 4.80 Å². The number of hydrogen-bond donors (Lipinski definition) is 1. The number of carboxylic acid groups (broad SMARTS) is 1. The fourth-order valence-electron chi connectivity index (χ4n) is 4.49.